The Kier molecular flexibility index (Phi) is 7.64. The van der Waals surface area contributed by atoms with Crippen molar-refractivity contribution in [1.82, 2.24) is 0 Å². The van der Waals surface area contributed by atoms with Gasteiger partial charge in [-0.25, -0.2) is 0 Å². The van der Waals surface area contributed by atoms with Crippen LogP contribution in [0.5, 0.6) is 0 Å². The lowest BCUT2D eigenvalue weighted by Gasteiger charge is -2.21. The van der Waals surface area contributed by atoms with Crippen LogP contribution in [0.3, 0.4) is 0 Å². The van der Waals surface area contributed by atoms with Gasteiger partial charge in [0.15, 0.2) is 0 Å². The Balaban J connectivity index is 0.000000116. The molecule has 0 saturated heterocycles. The van der Waals surface area contributed by atoms with Gasteiger partial charge in [0.25, 0.3) is 0 Å². The quantitative estimate of drug-likeness (QED) is 0.251. The number of hydrogen-bond donors (Lipinski definition) is 0. The van der Waals surface area contributed by atoms with E-state index < -0.39 is 0 Å². The number of allylic oxidation sites excluding steroid dienone is 2. The number of rotatable bonds is 1. The summed E-state index contributed by atoms with van der Waals surface area (Å²) in [6.45, 7) is 0. The first kappa shape index (κ1) is 21.7. The summed E-state index contributed by atoms with van der Waals surface area (Å²) < 4.78 is 1.21. The zero-order chi connectivity index (χ0) is 20.2. The summed E-state index contributed by atoms with van der Waals surface area (Å²) in [4.78, 5) is 0. The predicted molar refractivity (Wildman–Crippen MR) is 134 cm³/mol. The molecule has 2 aromatic rings. The lowest BCUT2D eigenvalue weighted by molar-refractivity contribution is 0.420. The molecule has 2 aromatic carbocycles. The first-order valence-corrected chi connectivity index (χ1v) is 12.7. The maximum atomic E-state index is 5.90. The van der Waals surface area contributed by atoms with Crippen molar-refractivity contribution in [2.24, 2.45) is 23.7 Å². The highest BCUT2D eigenvalue weighted by Crippen LogP contribution is 2.52. The Morgan fingerprint density at radius 2 is 1.24 bits per heavy atom. The maximum absolute atomic E-state index is 5.90. The summed E-state index contributed by atoms with van der Waals surface area (Å²) in [5, 5.41) is 1.65. The molecule has 0 nitrogen and oxygen atoms in total. The Hall–Kier alpha value is -0.510. The molecule has 29 heavy (non-hydrogen) atoms. The van der Waals surface area contributed by atoms with E-state index in [4.69, 9.17) is 23.2 Å². The maximum Gasteiger partial charge on any atom is 0.0406 e. The fourth-order valence-electron chi connectivity index (χ4n) is 5.51. The standard InChI is InChI=1S/C13H15Cl.C7H10.C6H4ClI/c14-12-5-3-10(4-6-12)13-8-9-1-2-11(13)7-9;1-2-7-4-3-6(1)5-7;7-5-1-3-6(8)4-2-5/h3-6,9,11,13H,1-2,7-8H2;1-2,6-7H,3-5H2;1-4H. The largest absolute Gasteiger partial charge is 0.0851 e. The Morgan fingerprint density at radius 3 is 1.62 bits per heavy atom. The molecule has 154 valence electrons. The van der Waals surface area contributed by atoms with Gasteiger partial charge in [-0.3, -0.25) is 0 Å². The van der Waals surface area contributed by atoms with Gasteiger partial charge in [0.1, 0.15) is 0 Å². The van der Waals surface area contributed by atoms with Crippen molar-refractivity contribution in [2.75, 3.05) is 0 Å². The van der Waals surface area contributed by atoms with Crippen LogP contribution in [0.1, 0.15) is 56.4 Å². The van der Waals surface area contributed by atoms with Crippen LogP contribution in [0.15, 0.2) is 60.7 Å². The molecule has 4 bridgehead atoms. The number of halogens is 3. The molecule has 4 aliphatic carbocycles. The first-order valence-electron chi connectivity index (χ1n) is 10.9. The van der Waals surface area contributed by atoms with Gasteiger partial charge in [0.05, 0.1) is 0 Å². The fraction of sp³-hybridized carbons (Fsp3) is 0.462. The second-order valence-corrected chi connectivity index (χ2v) is 11.1. The molecular weight excluding hydrogens is 510 g/mol. The van der Waals surface area contributed by atoms with Crippen molar-refractivity contribution >= 4 is 45.8 Å². The van der Waals surface area contributed by atoms with Crippen LogP contribution in [-0.4, -0.2) is 0 Å². The van der Waals surface area contributed by atoms with Gasteiger partial charge in [0, 0.05) is 13.6 Å². The highest BCUT2D eigenvalue weighted by molar-refractivity contribution is 14.1. The molecule has 3 saturated carbocycles. The molecule has 0 radical (unpaired) electrons. The second-order valence-electron chi connectivity index (χ2n) is 8.99. The van der Waals surface area contributed by atoms with Crippen molar-refractivity contribution in [1.29, 1.82) is 0 Å². The van der Waals surface area contributed by atoms with Crippen molar-refractivity contribution in [3.63, 3.8) is 0 Å². The molecule has 6 rings (SSSR count). The Labute approximate surface area is 199 Å². The number of fused-ring (bicyclic) bond motifs is 4. The predicted octanol–water partition coefficient (Wildman–Crippen LogP) is 9.16. The van der Waals surface area contributed by atoms with E-state index in [0.29, 0.717) is 0 Å². The molecule has 5 unspecified atom stereocenters. The monoisotopic (exact) mass is 538 g/mol. The highest BCUT2D eigenvalue weighted by atomic mass is 127. The molecule has 0 N–H and O–H groups in total. The topological polar surface area (TPSA) is 0 Å². The zero-order valence-electron chi connectivity index (χ0n) is 16.7. The van der Waals surface area contributed by atoms with Gasteiger partial charge < -0.3 is 0 Å². The Morgan fingerprint density at radius 1 is 0.655 bits per heavy atom. The minimum atomic E-state index is 0.797. The summed E-state index contributed by atoms with van der Waals surface area (Å²) >= 11 is 13.7. The molecule has 4 aliphatic rings. The SMILES string of the molecule is C1=CC2CCC1C2.Clc1ccc(C2CC3CCC2C3)cc1.Clc1ccc(I)cc1. The lowest BCUT2D eigenvalue weighted by atomic mass is 9.83. The molecule has 0 spiro atoms. The van der Waals surface area contributed by atoms with Crippen LogP contribution in [0.25, 0.3) is 0 Å². The van der Waals surface area contributed by atoms with Gasteiger partial charge >= 0.3 is 0 Å². The summed E-state index contributed by atoms with van der Waals surface area (Å²) in [5.41, 5.74) is 1.52. The molecule has 5 atom stereocenters. The van der Waals surface area contributed by atoms with Crippen LogP contribution in [0, 0.1) is 27.2 Å². The van der Waals surface area contributed by atoms with Gasteiger partial charge in [-0.2, -0.15) is 0 Å². The fourth-order valence-corrected chi connectivity index (χ4v) is 6.12. The van der Waals surface area contributed by atoms with Gasteiger partial charge in [0.2, 0.25) is 0 Å². The smallest absolute Gasteiger partial charge is 0.0406 e. The molecular formula is C26H29Cl2I. The van der Waals surface area contributed by atoms with E-state index >= 15 is 0 Å². The van der Waals surface area contributed by atoms with Crippen molar-refractivity contribution in [2.45, 2.75) is 50.9 Å². The third-order valence-corrected chi connectivity index (χ3v) is 8.23. The number of benzene rings is 2. The van der Waals surface area contributed by atoms with Crippen LogP contribution in [0.2, 0.25) is 10.0 Å². The van der Waals surface area contributed by atoms with Crippen LogP contribution in [-0.2, 0) is 0 Å². The molecule has 0 aliphatic heterocycles. The van der Waals surface area contributed by atoms with E-state index in [0.717, 1.165) is 39.6 Å². The third kappa shape index (κ3) is 6.02. The molecule has 3 fully saturated rings. The second kappa shape index (κ2) is 10.2. The van der Waals surface area contributed by atoms with Crippen LogP contribution in [0.4, 0.5) is 0 Å². The minimum absolute atomic E-state index is 0.797. The van der Waals surface area contributed by atoms with Crippen LogP contribution >= 0.6 is 45.8 Å². The summed E-state index contributed by atoms with van der Waals surface area (Å²) in [7, 11) is 0. The van der Waals surface area contributed by atoms with Gasteiger partial charge in [-0.1, -0.05) is 53.9 Å². The van der Waals surface area contributed by atoms with E-state index in [9.17, 15) is 0 Å². The summed E-state index contributed by atoms with van der Waals surface area (Å²) in [6, 6.07) is 16.2. The van der Waals surface area contributed by atoms with Crippen LogP contribution < -0.4 is 0 Å². The summed E-state index contributed by atoms with van der Waals surface area (Å²) in [6.07, 6.45) is 15.0. The molecule has 3 heteroatoms. The highest BCUT2D eigenvalue weighted by Gasteiger charge is 2.39. The third-order valence-electron chi connectivity index (χ3n) is 7.01. The molecule has 0 amide bonds. The normalized spacial score (nSPS) is 30.5. The van der Waals surface area contributed by atoms with E-state index in [-0.39, 0.29) is 0 Å². The van der Waals surface area contributed by atoms with Gasteiger partial charge in [-0.05, 0) is 133 Å². The Bertz CT molecular complexity index is 779. The lowest BCUT2D eigenvalue weighted by Crippen LogP contribution is -2.07. The van der Waals surface area contributed by atoms with E-state index in [1.165, 1.54) is 54.1 Å². The van der Waals surface area contributed by atoms with Crippen molar-refractivity contribution in [3.05, 3.63) is 79.9 Å². The number of hydrogen-bond acceptors (Lipinski definition) is 0. The average Bonchev–Trinajstić information content (AvgIpc) is 3.54. The first-order chi connectivity index (χ1) is 14.1. The zero-order valence-corrected chi connectivity index (χ0v) is 20.4. The minimum Gasteiger partial charge on any atom is -0.0851 e. The van der Waals surface area contributed by atoms with Crippen molar-refractivity contribution in [3.8, 4) is 0 Å². The van der Waals surface area contributed by atoms with E-state index in [1.807, 2.05) is 36.4 Å². The van der Waals surface area contributed by atoms with Crippen molar-refractivity contribution < 1.29 is 0 Å². The molecule has 0 heterocycles. The van der Waals surface area contributed by atoms with E-state index in [1.54, 1.807) is 0 Å². The summed E-state index contributed by atoms with van der Waals surface area (Å²) in [5.74, 6) is 4.82. The molecule has 0 aromatic heterocycles. The average molecular weight is 539 g/mol. The van der Waals surface area contributed by atoms with Gasteiger partial charge in [-0.15, -0.1) is 0 Å². The van der Waals surface area contributed by atoms with E-state index in [2.05, 4.69) is 46.9 Å².